The first-order valence-electron chi connectivity index (χ1n) is 6.07. The minimum Gasteiger partial charge on any atom is -0.342 e. The standard InChI is InChI=1S/C12H21NO/c1-2-10-4-3-7-13(9-10)12(14)8-11-5-6-11/h10-11H,2-9H2,1H3. The van der Waals surface area contributed by atoms with E-state index in [-0.39, 0.29) is 0 Å². The number of amides is 1. The number of nitrogens with zero attached hydrogens (tertiary/aromatic N) is 1. The monoisotopic (exact) mass is 195 g/mol. The summed E-state index contributed by atoms with van der Waals surface area (Å²) in [6.45, 7) is 4.28. The topological polar surface area (TPSA) is 20.3 Å². The molecule has 0 spiro atoms. The molecule has 0 radical (unpaired) electrons. The molecule has 2 heteroatoms. The zero-order valence-corrected chi connectivity index (χ0v) is 9.17. The molecular formula is C12H21NO. The molecule has 2 fully saturated rings. The molecule has 1 atom stereocenters. The fourth-order valence-corrected chi connectivity index (χ4v) is 2.32. The van der Waals surface area contributed by atoms with E-state index in [2.05, 4.69) is 11.8 Å². The lowest BCUT2D eigenvalue weighted by molar-refractivity contribution is -0.133. The first-order valence-corrected chi connectivity index (χ1v) is 6.07. The molecule has 1 saturated carbocycles. The Morgan fingerprint density at radius 1 is 1.29 bits per heavy atom. The van der Waals surface area contributed by atoms with Crippen molar-refractivity contribution in [3.8, 4) is 0 Å². The van der Waals surface area contributed by atoms with Crippen LogP contribution in [0.5, 0.6) is 0 Å². The molecule has 0 bridgehead atoms. The van der Waals surface area contributed by atoms with Gasteiger partial charge < -0.3 is 4.90 Å². The highest BCUT2D eigenvalue weighted by Crippen LogP contribution is 2.33. The zero-order chi connectivity index (χ0) is 9.97. The summed E-state index contributed by atoms with van der Waals surface area (Å²) in [5.41, 5.74) is 0. The summed E-state index contributed by atoms with van der Waals surface area (Å²) in [6.07, 6.45) is 7.18. The molecule has 14 heavy (non-hydrogen) atoms. The predicted octanol–water partition coefficient (Wildman–Crippen LogP) is 2.44. The molecule has 0 aromatic heterocycles. The Balaban J connectivity index is 1.79. The maximum absolute atomic E-state index is 11.8. The van der Waals surface area contributed by atoms with Crippen LogP contribution in [0.3, 0.4) is 0 Å². The second-order valence-corrected chi connectivity index (χ2v) is 4.90. The van der Waals surface area contributed by atoms with Gasteiger partial charge in [-0.05, 0) is 37.5 Å². The van der Waals surface area contributed by atoms with E-state index in [1.807, 2.05) is 0 Å². The third kappa shape index (κ3) is 2.49. The first-order chi connectivity index (χ1) is 6.79. The molecule has 1 aliphatic heterocycles. The van der Waals surface area contributed by atoms with Crippen molar-refractivity contribution >= 4 is 5.91 Å². The molecule has 0 aromatic rings. The van der Waals surface area contributed by atoms with Gasteiger partial charge >= 0.3 is 0 Å². The zero-order valence-electron chi connectivity index (χ0n) is 9.17. The van der Waals surface area contributed by atoms with Crippen LogP contribution in [-0.2, 0) is 4.79 Å². The smallest absolute Gasteiger partial charge is 0.222 e. The Morgan fingerprint density at radius 3 is 2.71 bits per heavy atom. The maximum atomic E-state index is 11.8. The molecule has 0 N–H and O–H groups in total. The van der Waals surface area contributed by atoms with Gasteiger partial charge in [0, 0.05) is 19.5 Å². The van der Waals surface area contributed by atoms with Gasteiger partial charge in [-0.15, -0.1) is 0 Å². The average Bonchev–Trinajstić information content (AvgIpc) is 3.02. The first kappa shape index (κ1) is 10.0. The predicted molar refractivity (Wildman–Crippen MR) is 56.9 cm³/mol. The third-order valence-electron chi connectivity index (χ3n) is 3.61. The third-order valence-corrected chi connectivity index (χ3v) is 3.61. The highest BCUT2D eigenvalue weighted by Gasteiger charge is 2.29. The molecule has 2 rings (SSSR count). The van der Waals surface area contributed by atoms with E-state index < -0.39 is 0 Å². The Hall–Kier alpha value is -0.530. The lowest BCUT2D eigenvalue weighted by Gasteiger charge is -2.32. The Kier molecular flexibility index (Phi) is 3.09. The number of carbonyl (C=O) groups excluding carboxylic acids is 1. The minimum absolute atomic E-state index is 0.422. The second kappa shape index (κ2) is 4.33. The number of likely N-dealkylation sites (tertiary alicyclic amines) is 1. The summed E-state index contributed by atoms with van der Waals surface area (Å²) >= 11 is 0. The second-order valence-electron chi connectivity index (χ2n) is 4.90. The van der Waals surface area contributed by atoms with Gasteiger partial charge in [0.2, 0.25) is 5.91 Å². The van der Waals surface area contributed by atoms with Crippen molar-refractivity contribution in [2.45, 2.75) is 45.4 Å². The van der Waals surface area contributed by atoms with Crippen LogP contribution in [0.2, 0.25) is 0 Å². The van der Waals surface area contributed by atoms with Gasteiger partial charge in [0.15, 0.2) is 0 Å². The van der Waals surface area contributed by atoms with Gasteiger partial charge in [-0.25, -0.2) is 0 Å². The van der Waals surface area contributed by atoms with E-state index in [1.54, 1.807) is 0 Å². The van der Waals surface area contributed by atoms with Crippen LogP contribution >= 0.6 is 0 Å². The lowest BCUT2D eigenvalue weighted by Crippen LogP contribution is -2.39. The molecule has 80 valence electrons. The molecular weight excluding hydrogens is 174 g/mol. The van der Waals surface area contributed by atoms with Gasteiger partial charge in [0.1, 0.15) is 0 Å². The Morgan fingerprint density at radius 2 is 2.07 bits per heavy atom. The largest absolute Gasteiger partial charge is 0.342 e. The van der Waals surface area contributed by atoms with E-state index in [9.17, 15) is 4.79 Å². The lowest BCUT2D eigenvalue weighted by atomic mass is 9.95. The number of rotatable bonds is 3. The van der Waals surface area contributed by atoms with Gasteiger partial charge in [-0.2, -0.15) is 0 Å². The highest BCUT2D eigenvalue weighted by atomic mass is 16.2. The number of hydrogen-bond donors (Lipinski definition) is 0. The number of carbonyl (C=O) groups is 1. The quantitative estimate of drug-likeness (QED) is 0.677. The van der Waals surface area contributed by atoms with Crippen molar-refractivity contribution in [2.24, 2.45) is 11.8 Å². The van der Waals surface area contributed by atoms with E-state index in [4.69, 9.17) is 0 Å². The summed E-state index contributed by atoms with van der Waals surface area (Å²) in [4.78, 5) is 13.9. The molecule has 0 aromatic carbocycles. The van der Waals surface area contributed by atoms with Crippen molar-refractivity contribution in [1.29, 1.82) is 0 Å². The van der Waals surface area contributed by atoms with Crippen LogP contribution in [0.25, 0.3) is 0 Å². The van der Waals surface area contributed by atoms with Crippen molar-refractivity contribution in [2.75, 3.05) is 13.1 Å². The van der Waals surface area contributed by atoms with Gasteiger partial charge in [0.05, 0.1) is 0 Å². The fourth-order valence-electron chi connectivity index (χ4n) is 2.32. The normalized spacial score (nSPS) is 27.8. The van der Waals surface area contributed by atoms with E-state index in [0.29, 0.717) is 5.91 Å². The van der Waals surface area contributed by atoms with Crippen molar-refractivity contribution in [3.63, 3.8) is 0 Å². The van der Waals surface area contributed by atoms with Crippen molar-refractivity contribution < 1.29 is 4.79 Å². The minimum atomic E-state index is 0.422. The van der Waals surface area contributed by atoms with Gasteiger partial charge in [-0.3, -0.25) is 4.79 Å². The molecule has 1 saturated heterocycles. The van der Waals surface area contributed by atoms with Crippen LogP contribution < -0.4 is 0 Å². The summed E-state index contributed by atoms with van der Waals surface area (Å²) in [5, 5.41) is 0. The molecule has 1 amide bonds. The fraction of sp³-hybridized carbons (Fsp3) is 0.917. The summed E-state index contributed by atoms with van der Waals surface area (Å²) in [5.74, 6) is 1.93. The number of piperidine rings is 1. The molecule has 1 unspecified atom stereocenters. The summed E-state index contributed by atoms with van der Waals surface area (Å²) in [6, 6.07) is 0. The van der Waals surface area contributed by atoms with E-state index >= 15 is 0 Å². The van der Waals surface area contributed by atoms with Crippen LogP contribution in [-0.4, -0.2) is 23.9 Å². The van der Waals surface area contributed by atoms with Crippen molar-refractivity contribution in [1.82, 2.24) is 4.90 Å². The highest BCUT2D eigenvalue weighted by molar-refractivity contribution is 5.76. The maximum Gasteiger partial charge on any atom is 0.222 e. The average molecular weight is 195 g/mol. The SMILES string of the molecule is CCC1CCCN(C(=O)CC2CC2)C1. The van der Waals surface area contributed by atoms with E-state index in [0.717, 1.165) is 31.3 Å². The van der Waals surface area contributed by atoms with Crippen LogP contribution in [0, 0.1) is 11.8 Å². The van der Waals surface area contributed by atoms with Gasteiger partial charge in [-0.1, -0.05) is 13.3 Å². The molecule has 2 nitrogen and oxygen atoms in total. The van der Waals surface area contributed by atoms with Crippen molar-refractivity contribution in [3.05, 3.63) is 0 Å². The van der Waals surface area contributed by atoms with Crippen LogP contribution in [0.15, 0.2) is 0 Å². The summed E-state index contributed by atoms with van der Waals surface area (Å²) < 4.78 is 0. The molecule has 1 aliphatic carbocycles. The van der Waals surface area contributed by atoms with Crippen LogP contribution in [0.1, 0.15) is 45.4 Å². The Labute approximate surface area is 86.7 Å². The number of hydrogen-bond acceptors (Lipinski definition) is 1. The van der Waals surface area contributed by atoms with Gasteiger partial charge in [0.25, 0.3) is 0 Å². The molecule has 2 aliphatic rings. The van der Waals surface area contributed by atoms with E-state index in [1.165, 1.54) is 32.1 Å². The van der Waals surface area contributed by atoms with Crippen LogP contribution in [0.4, 0.5) is 0 Å². The molecule has 1 heterocycles. The Bertz CT molecular complexity index is 210. The summed E-state index contributed by atoms with van der Waals surface area (Å²) in [7, 11) is 0.